The van der Waals surface area contributed by atoms with E-state index in [-0.39, 0.29) is 5.00 Å². The summed E-state index contributed by atoms with van der Waals surface area (Å²) in [7, 11) is 1.59. The fourth-order valence-electron chi connectivity index (χ4n) is 1.68. The summed E-state index contributed by atoms with van der Waals surface area (Å²) in [6, 6.07) is 5.43. The minimum Gasteiger partial charge on any atom is -0.497 e. The van der Waals surface area contributed by atoms with E-state index in [9.17, 15) is 10.1 Å². The number of benzene rings is 1. The minimum absolute atomic E-state index is 0.00645. The molecule has 2 heterocycles. The summed E-state index contributed by atoms with van der Waals surface area (Å²) in [6.45, 7) is 0. The molecule has 0 aliphatic heterocycles. The number of methoxy groups -OCH3 is 1. The summed E-state index contributed by atoms with van der Waals surface area (Å²) in [6.07, 6.45) is 1.23. The number of nitrogens with one attached hydrogen (secondary N) is 1. The number of imidazole rings is 1. The molecule has 3 rings (SSSR count). The SMILES string of the molecule is COc1ccc2nc(-c3ncc([N+](=O)[O-])s3)[nH]c2c1. The van der Waals surface area contributed by atoms with Crippen molar-refractivity contribution in [2.75, 3.05) is 7.11 Å². The minimum atomic E-state index is -0.465. The first-order chi connectivity index (χ1) is 9.17. The Labute approximate surface area is 111 Å². The molecule has 0 unspecified atom stereocenters. The van der Waals surface area contributed by atoms with E-state index >= 15 is 0 Å². The van der Waals surface area contributed by atoms with Gasteiger partial charge in [-0.15, -0.1) is 0 Å². The van der Waals surface area contributed by atoms with Gasteiger partial charge in [0.15, 0.2) is 10.8 Å². The van der Waals surface area contributed by atoms with Crippen LogP contribution in [-0.4, -0.2) is 27.0 Å². The van der Waals surface area contributed by atoms with Gasteiger partial charge in [0.2, 0.25) is 0 Å². The molecule has 0 amide bonds. The third-order valence-corrected chi connectivity index (χ3v) is 3.52. The fourth-order valence-corrected chi connectivity index (χ4v) is 2.35. The molecule has 2 aromatic heterocycles. The summed E-state index contributed by atoms with van der Waals surface area (Å²) in [4.78, 5) is 21.6. The molecule has 3 aromatic rings. The zero-order chi connectivity index (χ0) is 13.4. The Bertz CT molecular complexity index is 764. The number of nitrogens with zero attached hydrogens (tertiary/aromatic N) is 3. The van der Waals surface area contributed by atoms with Gasteiger partial charge >= 0.3 is 5.00 Å². The Morgan fingerprint density at radius 3 is 3.00 bits per heavy atom. The number of hydrogen-bond acceptors (Lipinski definition) is 6. The number of aromatic amines is 1. The number of thiazole rings is 1. The van der Waals surface area contributed by atoms with Crippen LogP contribution in [0, 0.1) is 10.1 Å². The van der Waals surface area contributed by atoms with Crippen LogP contribution in [0.4, 0.5) is 5.00 Å². The van der Waals surface area contributed by atoms with E-state index < -0.39 is 4.92 Å². The van der Waals surface area contributed by atoms with Crippen LogP contribution in [0.2, 0.25) is 0 Å². The molecule has 0 fully saturated rings. The molecule has 96 valence electrons. The van der Waals surface area contributed by atoms with Crippen molar-refractivity contribution in [3.63, 3.8) is 0 Å². The zero-order valence-corrected chi connectivity index (χ0v) is 10.6. The Hall–Kier alpha value is -2.48. The molecule has 0 saturated carbocycles. The van der Waals surface area contributed by atoms with Gasteiger partial charge in [-0.2, -0.15) is 0 Å². The highest BCUT2D eigenvalue weighted by Crippen LogP contribution is 2.30. The third kappa shape index (κ3) is 2.02. The lowest BCUT2D eigenvalue weighted by Gasteiger charge is -1.96. The number of H-pyrrole nitrogens is 1. The first-order valence-electron chi connectivity index (χ1n) is 5.32. The van der Waals surface area contributed by atoms with E-state index in [1.807, 2.05) is 12.1 Å². The molecule has 19 heavy (non-hydrogen) atoms. The summed E-state index contributed by atoms with van der Waals surface area (Å²) in [5.74, 6) is 1.23. The Morgan fingerprint density at radius 1 is 1.47 bits per heavy atom. The predicted octanol–water partition coefficient (Wildman–Crippen LogP) is 2.60. The second-order valence-electron chi connectivity index (χ2n) is 3.73. The number of hydrogen-bond donors (Lipinski definition) is 1. The van der Waals surface area contributed by atoms with E-state index in [4.69, 9.17) is 4.74 Å². The molecule has 0 spiro atoms. The van der Waals surface area contributed by atoms with Crippen molar-refractivity contribution < 1.29 is 9.66 Å². The average Bonchev–Trinajstić information content (AvgIpc) is 3.04. The molecule has 0 aliphatic carbocycles. The van der Waals surface area contributed by atoms with E-state index in [1.165, 1.54) is 6.20 Å². The van der Waals surface area contributed by atoms with Gasteiger partial charge in [-0.1, -0.05) is 0 Å². The van der Waals surface area contributed by atoms with Crippen molar-refractivity contribution in [3.8, 4) is 16.6 Å². The summed E-state index contributed by atoms with van der Waals surface area (Å²) >= 11 is 0.984. The summed E-state index contributed by atoms with van der Waals surface area (Å²) in [5.41, 5.74) is 1.56. The van der Waals surface area contributed by atoms with Crippen LogP contribution >= 0.6 is 11.3 Å². The normalized spacial score (nSPS) is 10.8. The molecular formula is C11H8N4O3S. The Morgan fingerprint density at radius 2 is 2.32 bits per heavy atom. The highest BCUT2D eigenvalue weighted by Gasteiger charge is 2.15. The molecular weight excluding hydrogens is 268 g/mol. The van der Waals surface area contributed by atoms with Crippen molar-refractivity contribution in [1.29, 1.82) is 0 Å². The third-order valence-electron chi connectivity index (χ3n) is 2.57. The van der Waals surface area contributed by atoms with Crippen molar-refractivity contribution in [2.24, 2.45) is 0 Å². The topological polar surface area (TPSA) is 93.9 Å². The lowest BCUT2D eigenvalue weighted by molar-refractivity contribution is -0.380. The maximum atomic E-state index is 10.6. The number of aromatic nitrogens is 3. The van der Waals surface area contributed by atoms with Crippen LogP contribution in [0.15, 0.2) is 24.4 Å². The quantitative estimate of drug-likeness (QED) is 0.586. The van der Waals surface area contributed by atoms with Crippen molar-refractivity contribution in [1.82, 2.24) is 15.0 Å². The van der Waals surface area contributed by atoms with E-state index in [1.54, 1.807) is 13.2 Å². The second kappa shape index (κ2) is 4.32. The molecule has 7 nitrogen and oxygen atoms in total. The number of fused-ring (bicyclic) bond motifs is 1. The van der Waals surface area contributed by atoms with Gasteiger partial charge in [-0.3, -0.25) is 10.1 Å². The second-order valence-corrected chi connectivity index (χ2v) is 4.74. The van der Waals surface area contributed by atoms with E-state index in [0.717, 1.165) is 22.4 Å². The molecule has 0 radical (unpaired) electrons. The average molecular weight is 276 g/mol. The first-order valence-corrected chi connectivity index (χ1v) is 6.13. The van der Waals surface area contributed by atoms with E-state index in [0.29, 0.717) is 16.6 Å². The molecule has 0 atom stereocenters. The monoisotopic (exact) mass is 276 g/mol. The number of ether oxygens (including phenoxy) is 1. The smallest absolute Gasteiger partial charge is 0.344 e. The van der Waals surface area contributed by atoms with Gasteiger partial charge < -0.3 is 9.72 Å². The summed E-state index contributed by atoms with van der Waals surface area (Å²) in [5, 5.41) is 11.1. The van der Waals surface area contributed by atoms with Gasteiger partial charge in [0.1, 0.15) is 11.9 Å². The molecule has 0 bridgehead atoms. The Kier molecular flexibility index (Phi) is 2.64. The molecule has 1 N–H and O–H groups in total. The lowest BCUT2D eigenvalue weighted by Crippen LogP contribution is -1.81. The summed E-state index contributed by atoms with van der Waals surface area (Å²) < 4.78 is 5.12. The lowest BCUT2D eigenvalue weighted by atomic mass is 10.3. The van der Waals surface area contributed by atoms with Gasteiger partial charge in [0.05, 0.1) is 23.1 Å². The zero-order valence-electron chi connectivity index (χ0n) is 9.78. The molecule has 0 aliphatic rings. The number of rotatable bonds is 3. The van der Waals surface area contributed by atoms with Crippen LogP contribution in [0.3, 0.4) is 0 Å². The van der Waals surface area contributed by atoms with Crippen molar-refractivity contribution in [2.45, 2.75) is 0 Å². The molecule has 1 aromatic carbocycles. The van der Waals surface area contributed by atoms with Gasteiger partial charge in [-0.25, -0.2) is 9.97 Å². The van der Waals surface area contributed by atoms with Crippen LogP contribution < -0.4 is 4.74 Å². The maximum absolute atomic E-state index is 10.6. The van der Waals surface area contributed by atoms with Crippen LogP contribution in [0.5, 0.6) is 5.75 Å². The standard InChI is InChI=1S/C11H8N4O3S/c1-18-6-2-3-7-8(4-6)14-10(13-7)11-12-5-9(19-11)15(16)17/h2-5H,1H3,(H,13,14). The van der Waals surface area contributed by atoms with Crippen LogP contribution in [-0.2, 0) is 0 Å². The van der Waals surface area contributed by atoms with Gasteiger partial charge in [0.25, 0.3) is 0 Å². The van der Waals surface area contributed by atoms with E-state index in [2.05, 4.69) is 15.0 Å². The Balaban J connectivity index is 2.06. The van der Waals surface area contributed by atoms with Gasteiger partial charge in [0, 0.05) is 6.07 Å². The highest BCUT2D eigenvalue weighted by atomic mass is 32.1. The molecule has 8 heteroatoms. The van der Waals surface area contributed by atoms with Gasteiger partial charge in [-0.05, 0) is 23.5 Å². The number of nitro groups is 1. The largest absolute Gasteiger partial charge is 0.497 e. The van der Waals surface area contributed by atoms with Crippen molar-refractivity contribution in [3.05, 3.63) is 34.5 Å². The highest BCUT2D eigenvalue weighted by molar-refractivity contribution is 7.18. The molecule has 0 saturated heterocycles. The fraction of sp³-hybridized carbons (Fsp3) is 0.0909. The maximum Gasteiger partial charge on any atom is 0.344 e. The van der Waals surface area contributed by atoms with Crippen LogP contribution in [0.25, 0.3) is 21.9 Å². The van der Waals surface area contributed by atoms with Crippen molar-refractivity contribution >= 4 is 27.4 Å². The van der Waals surface area contributed by atoms with Crippen LogP contribution in [0.1, 0.15) is 0 Å². The first kappa shape index (κ1) is 11.6. The predicted molar refractivity (Wildman–Crippen MR) is 70.4 cm³/mol.